The van der Waals surface area contributed by atoms with Gasteiger partial charge in [-0.1, -0.05) is 0 Å². The molecule has 7 heteroatoms. The van der Waals surface area contributed by atoms with Gasteiger partial charge in [0.05, 0.1) is 26.9 Å². The second-order valence-corrected chi connectivity index (χ2v) is 7.45. The molecule has 1 unspecified atom stereocenters. The number of aliphatic imine (C=N–C) groups is 1. The van der Waals surface area contributed by atoms with E-state index in [-0.39, 0.29) is 0 Å². The molecule has 1 atom stereocenters. The van der Waals surface area contributed by atoms with E-state index in [1.807, 2.05) is 0 Å². The van der Waals surface area contributed by atoms with E-state index in [0.717, 1.165) is 82.5 Å². The van der Waals surface area contributed by atoms with E-state index in [4.69, 9.17) is 23.9 Å². The molecule has 29 heavy (non-hydrogen) atoms. The molecule has 1 N–H and O–H groups in total. The Balaban J connectivity index is 1.52. The normalized spacial score (nSPS) is 19.2. The lowest BCUT2D eigenvalue weighted by Gasteiger charge is -2.32. The number of hydrogen-bond acceptors (Lipinski definition) is 5. The first kappa shape index (κ1) is 21.7. The minimum Gasteiger partial charge on any atom is -0.493 e. The molecular formula is C22H35N3O4. The number of ether oxygens (including phenoxy) is 4. The second-order valence-electron chi connectivity index (χ2n) is 7.45. The Hall–Kier alpha value is -1.99. The van der Waals surface area contributed by atoms with Crippen LogP contribution in [-0.2, 0) is 22.4 Å². The molecule has 1 fully saturated rings. The largest absolute Gasteiger partial charge is 0.493 e. The van der Waals surface area contributed by atoms with E-state index in [9.17, 15) is 0 Å². The summed E-state index contributed by atoms with van der Waals surface area (Å²) in [6.07, 6.45) is 4.44. The summed E-state index contributed by atoms with van der Waals surface area (Å²) >= 11 is 0. The molecule has 3 rings (SSSR count). The number of hydrogen-bond donors (Lipinski definition) is 1. The molecule has 2 heterocycles. The Labute approximate surface area is 174 Å². The van der Waals surface area contributed by atoms with Gasteiger partial charge in [-0.3, -0.25) is 4.99 Å². The van der Waals surface area contributed by atoms with Crippen molar-refractivity contribution in [2.75, 3.05) is 53.7 Å². The standard InChI is InChI=1S/C22H35N3O4/c1-4-23-22(24-9-6-11-28-16-19-7-5-12-29-19)25-10-8-17-13-20(26-2)21(27-3)14-18(17)15-25/h13-14,19H,4-12,15-16H2,1-3H3,(H,23,24). The smallest absolute Gasteiger partial charge is 0.194 e. The Morgan fingerprint density at radius 2 is 2.03 bits per heavy atom. The number of nitrogens with one attached hydrogen (secondary N) is 1. The third-order valence-corrected chi connectivity index (χ3v) is 5.39. The summed E-state index contributed by atoms with van der Waals surface area (Å²) in [4.78, 5) is 7.13. The molecule has 1 saturated heterocycles. The molecule has 0 spiro atoms. The molecular weight excluding hydrogens is 370 g/mol. The zero-order valence-electron chi connectivity index (χ0n) is 18.0. The van der Waals surface area contributed by atoms with Crippen molar-refractivity contribution in [1.82, 2.24) is 10.2 Å². The van der Waals surface area contributed by atoms with E-state index in [2.05, 4.69) is 29.3 Å². The van der Waals surface area contributed by atoms with Gasteiger partial charge >= 0.3 is 0 Å². The van der Waals surface area contributed by atoms with Crippen molar-refractivity contribution in [3.8, 4) is 11.5 Å². The number of guanidine groups is 1. The lowest BCUT2D eigenvalue weighted by Crippen LogP contribution is -2.44. The summed E-state index contributed by atoms with van der Waals surface area (Å²) in [6, 6.07) is 4.18. The summed E-state index contributed by atoms with van der Waals surface area (Å²) in [5.74, 6) is 2.54. The Morgan fingerprint density at radius 3 is 2.72 bits per heavy atom. The van der Waals surface area contributed by atoms with Gasteiger partial charge in [-0.15, -0.1) is 0 Å². The molecule has 0 bridgehead atoms. The summed E-state index contributed by atoms with van der Waals surface area (Å²) in [5, 5.41) is 3.43. The van der Waals surface area contributed by atoms with Crippen LogP contribution in [0.2, 0.25) is 0 Å². The zero-order chi connectivity index (χ0) is 20.5. The van der Waals surface area contributed by atoms with E-state index in [1.165, 1.54) is 11.1 Å². The van der Waals surface area contributed by atoms with Crippen LogP contribution in [0.15, 0.2) is 17.1 Å². The van der Waals surface area contributed by atoms with Crippen LogP contribution in [0.5, 0.6) is 11.5 Å². The fourth-order valence-corrected chi connectivity index (χ4v) is 3.83. The zero-order valence-corrected chi connectivity index (χ0v) is 18.0. The van der Waals surface area contributed by atoms with Gasteiger partial charge in [-0.25, -0.2) is 0 Å². The third kappa shape index (κ3) is 6.00. The number of nitrogens with zero attached hydrogens (tertiary/aromatic N) is 2. The van der Waals surface area contributed by atoms with Gasteiger partial charge in [0.2, 0.25) is 0 Å². The van der Waals surface area contributed by atoms with Crippen molar-refractivity contribution in [2.45, 2.75) is 45.3 Å². The fourth-order valence-electron chi connectivity index (χ4n) is 3.83. The molecule has 0 aromatic heterocycles. The quantitative estimate of drug-likeness (QED) is 0.387. The van der Waals surface area contributed by atoms with E-state index < -0.39 is 0 Å². The van der Waals surface area contributed by atoms with Crippen LogP contribution in [0.3, 0.4) is 0 Å². The maximum absolute atomic E-state index is 5.74. The molecule has 2 aliphatic heterocycles. The summed E-state index contributed by atoms with van der Waals surface area (Å²) in [6.45, 7) is 7.77. The van der Waals surface area contributed by atoms with Crippen LogP contribution in [0.1, 0.15) is 37.3 Å². The SMILES string of the molecule is CCNC(=NCCCOCC1CCCO1)N1CCc2cc(OC)c(OC)cc2C1. The van der Waals surface area contributed by atoms with Gasteiger partial charge in [-0.05, 0) is 55.9 Å². The molecule has 0 saturated carbocycles. The summed E-state index contributed by atoms with van der Waals surface area (Å²) < 4.78 is 22.2. The van der Waals surface area contributed by atoms with Crippen LogP contribution in [0.25, 0.3) is 0 Å². The minimum atomic E-state index is 0.292. The highest BCUT2D eigenvalue weighted by Gasteiger charge is 2.21. The number of benzene rings is 1. The van der Waals surface area contributed by atoms with E-state index >= 15 is 0 Å². The maximum atomic E-state index is 5.74. The Kier molecular flexibility index (Phi) is 8.43. The van der Waals surface area contributed by atoms with E-state index in [0.29, 0.717) is 12.7 Å². The fraction of sp³-hybridized carbons (Fsp3) is 0.682. The van der Waals surface area contributed by atoms with Crippen molar-refractivity contribution in [3.63, 3.8) is 0 Å². The van der Waals surface area contributed by atoms with Gasteiger partial charge in [0, 0.05) is 39.4 Å². The van der Waals surface area contributed by atoms with Crippen molar-refractivity contribution in [1.29, 1.82) is 0 Å². The molecule has 0 radical (unpaired) electrons. The van der Waals surface area contributed by atoms with Crippen molar-refractivity contribution in [3.05, 3.63) is 23.3 Å². The minimum absolute atomic E-state index is 0.292. The van der Waals surface area contributed by atoms with Crippen molar-refractivity contribution < 1.29 is 18.9 Å². The van der Waals surface area contributed by atoms with Crippen LogP contribution >= 0.6 is 0 Å². The summed E-state index contributed by atoms with van der Waals surface area (Å²) in [7, 11) is 3.36. The monoisotopic (exact) mass is 405 g/mol. The number of methoxy groups -OCH3 is 2. The van der Waals surface area contributed by atoms with Crippen LogP contribution < -0.4 is 14.8 Å². The lowest BCUT2D eigenvalue weighted by molar-refractivity contribution is 0.0170. The first-order valence-corrected chi connectivity index (χ1v) is 10.7. The molecule has 1 aromatic carbocycles. The topological polar surface area (TPSA) is 64.6 Å². The summed E-state index contributed by atoms with van der Waals surface area (Å²) in [5.41, 5.74) is 2.58. The highest BCUT2D eigenvalue weighted by Crippen LogP contribution is 2.33. The van der Waals surface area contributed by atoms with Crippen LogP contribution in [0.4, 0.5) is 0 Å². The molecule has 0 aliphatic carbocycles. The van der Waals surface area contributed by atoms with E-state index in [1.54, 1.807) is 14.2 Å². The maximum Gasteiger partial charge on any atom is 0.194 e. The Bertz CT molecular complexity index is 674. The molecule has 2 aliphatic rings. The van der Waals surface area contributed by atoms with Crippen molar-refractivity contribution in [2.24, 2.45) is 4.99 Å². The highest BCUT2D eigenvalue weighted by atomic mass is 16.5. The Morgan fingerprint density at radius 1 is 1.24 bits per heavy atom. The number of fused-ring (bicyclic) bond motifs is 1. The molecule has 162 valence electrons. The molecule has 1 aromatic rings. The van der Waals surface area contributed by atoms with Gasteiger partial charge in [0.15, 0.2) is 17.5 Å². The van der Waals surface area contributed by atoms with Gasteiger partial charge in [-0.2, -0.15) is 0 Å². The average molecular weight is 406 g/mol. The second kappa shape index (κ2) is 11.3. The van der Waals surface area contributed by atoms with Gasteiger partial charge < -0.3 is 29.2 Å². The van der Waals surface area contributed by atoms with Gasteiger partial charge in [0.25, 0.3) is 0 Å². The number of rotatable bonds is 9. The van der Waals surface area contributed by atoms with Crippen molar-refractivity contribution >= 4 is 5.96 Å². The first-order chi connectivity index (χ1) is 14.2. The third-order valence-electron chi connectivity index (χ3n) is 5.39. The first-order valence-electron chi connectivity index (χ1n) is 10.7. The molecule has 0 amide bonds. The molecule has 7 nitrogen and oxygen atoms in total. The van der Waals surface area contributed by atoms with Crippen LogP contribution in [-0.4, -0.2) is 70.6 Å². The lowest BCUT2D eigenvalue weighted by atomic mass is 9.99. The van der Waals surface area contributed by atoms with Gasteiger partial charge in [0.1, 0.15) is 0 Å². The average Bonchev–Trinajstić information content (AvgIpc) is 3.27. The highest BCUT2D eigenvalue weighted by molar-refractivity contribution is 5.80. The predicted octanol–water partition coefficient (Wildman–Crippen LogP) is 2.61. The predicted molar refractivity (Wildman–Crippen MR) is 114 cm³/mol. The van der Waals surface area contributed by atoms with Crippen LogP contribution in [0, 0.1) is 0 Å².